The van der Waals surface area contributed by atoms with Gasteiger partial charge < -0.3 is 5.32 Å². The molecule has 0 saturated heterocycles. The van der Waals surface area contributed by atoms with E-state index in [-0.39, 0.29) is 11.8 Å². The molecule has 0 rings (SSSR count). The summed E-state index contributed by atoms with van der Waals surface area (Å²) in [6.45, 7) is 8.15. The smallest absolute Gasteiger partial charge is 0.222 e. The summed E-state index contributed by atoms with van der Waals surface area (Å²) in [6.07, 6.45) is 3.05. The predicted molar refractivity (Wildman–Crippen MR) is 54.1 cm³/mol. The normalized spacial score (nSPS) is 11.1. The second-order valence-corrected chi connectivity index (χ2v) is 2.51. The van der Waals surface area contributed by atoms with Gasteiger partial charge in [0.25, 0.3) is 0 Å². The van der Waals surface area contributed by atoms with Crippen LogP contribution in [0.25, 0.3) is 0 Å². The van der Waals surface area contributed by atoms with E-state index in [0.29, 0.717) is 0 Å². The van der Waals surface area contributed by atoms with Crippen LogP contribution in [0.4, 0.5) is 0 Å². The zero-order valence-corrected chi connectivity index (χ0v) is 9.11. The van der Waals surface area contributed by atoms with E-state index in [2.05, 4.69) is 19.2 Å². The lowest BCUT2D eigenvalue weighted by molar-refractivity contribution is -0.124. The van der Waals surface area contributed by atoms with Gasteiger partial charge in [-0.2, -0.15) is 0 Å². The molecule has 0 spiro atoms. The Labute approximate surface area is 76.7 Å². The Bertz CT molecular complexity index is 102. The molecule has 74 valence electrons. The molecule has 0 aromatic heterocycles. The summed E-state index contributed by atoms with van der Waals surface area (Å²) < 4.78 is 0. The number of amides is 1. The topological polar surface area (TPSA) is 29.1 Å². The summed E-state index contributed by atoms with van der Waals surface area (Å²) in [5.41, 5.74) is 0. The Morgan fingerprint density at radius 1 is 1.33 bits per heavy atom. The molecule has 0 aromatic carbocycles. The molecule has 0 fully saturated rings. The van der Waals surface area contributed by atoms with Gasteiger partial charge in [-0.15, -0.1) is 0 Å². The number of nitrogens with one attached hydrogen (secondary N) is 1. The molecule has 0 bridgehead atoms. The minimum atomic E-state index is 0.185. The summed E-state index contributed by atoms with van der Waals surface area (Å²) >= 11 is 0. The number of hydrogen-bond donors (Lipinski definition) is 1. The van der Waals surface area contributed by atoms with E-state index in [4.69, 9.17) is 0 Å². The van der Waals surface area contributed by atoms with Gasteiger partial charge in [0.1, 0.15) is 0 Å². The molecule has 1 atom stereocenters. The average Bonchev–Trinajstić information content (AvgIpc) is 2.16. The molecular formula is C10H23NO. The van der Waals surface area contributed by atoms with E-state index in [1.54, 1.807) is 7.05 Å². The third-order valence-electron chi connectivity index (χ3n) is 1.75. The standard InChI is InChI=1S/C8H17NO.C2H6/c1-4-6-7(5-2)8(10)9-3;1-2/h7H,4-6H2,1-3H3,(H,9,10);1-2H3. The Hall–Kier alpha value is -0.530. The molecular weight excluding hydrogens is 150 g/mol. The molecule has 0 aromatic rings. The van der Waals surface area contributed by atoms with Crippen molar-refractivity contribution in [1.82, 2.24) is 5.32 Å². The van der Waals surface area contributed by atoms with Crippen LogP contribution in [0.1, 0.15) is 47.0 Å². The van der Waals surface area contributed by atoms with Crippen LogP contribution < -0.4 is 5.32 Å². The molecule has 2 heteroatoms. The molecule has 2 nitrogen and oxygen atoms in total. The fourth-order valence-corrected chi connectivity index (χ4v) is 1.07. The van der Waals surface area contributed by atoms with Gasteiger partial charge in [0.15, 0.2) is 0 Å². The molecule has 0 radical (unpaired) electrons. The quantitative estimate of drug-likeness (QED) is 0.695. The predicted octanol–water partition coefficient (Wildman–Crippen LogP) is 2.58. The zero-order valence-electron chi connectivity index (χ0n) is 9.11. The summed E-state index contributed by atoms with van der Waals surface area (Å²) in [7, 11) is 1.70. The summed E-state index contributed by atoms with van der Waals surface area (Å²) in [6, 6.07) is 0. The van der Waals surface area contributed by atoms with Gasteiger partial charge in [0, 0.05) is 13.0 Å². The molecule has 1 amide bonds. The lowest BCUT2D eigenvalue weighted by atomic mass is 10.0. The Morgan fingerprint density at radius 2 is 1.83 bits per heavy atom. The van der Waals surface area contributed by atoms with Gasteiger partial charge in [0.05, 0.1) is 0 Å². The highest BCUT2D eigenvalue weighted by Crippen LogP contribution is 2.09. The van der Waals surface area contributed by atoms with Crippen LogP contribution in [-0.4, -0.2) is 13.0 Å². The van der Waals surface area contributed by atoms with E-state index in [0.717, 1.165) is 19.3 Å². The minimum absolute atomic E-state index is 0.185. The number of hydrogen-bond acceptors (Lipinski definition) is 1. The minimum Gasteiger partial charge on any atom is -0.359 e. The van der Waals surface area contributed by atoms with Crippen molar-refractivity contribution in [2.24, 2.45) is 5.92 Å². The van der Waals surface area contributed by atoms with Crippen molar-refractivity contribution in [3.63, 3.8) is 0 Å². The summed E-state index contributed by atoms with van der Waals surface area (Å²) in [4.78, 5) is 11.0. The highest BCUT2D eigenvalue weighted by Gasteiger charge is 2.12. The van der Waals surface area contributed by atoms with Gasteiger partial charge in [-0.25, -0.2) is 0 Å². The second kappa shape index (κ2) is 10.5. The average molecular weight is 173 g/mol. The molecule has 0 aliphatic rings. The SMILES string of the molecule is CC.CCCC(CC)C(=O)NC. The van der Waals surface area contributed by atoms with Crippen LogP contribution in [0.2, 0.25) is 0 Å². The molecule has 0 saturated carbocycles. The number of rotatable bonds is 4. The first-order valence-corrected chi connectivity index (χ1v) is 4.97. The van der Waals surface area contributed by atoms with Crippen molar-refractivity contribution < 1.29 is 4.79 Å². The summed E-state index contributed by atoms with van der Waals surface area (Å²) in [5.74, 6) is 0.416. The Balaban J connectivity index is 0. The maximum Gasteiger partial charge on any atom is 0.222 e. The van der Waals surface area contributed by atoms with E-state index < -0.39 is 0 Å². The van der Waals surface area contributed by atoms with Crippen molar-refractivity contribution >= 4 is 5.91 Å². The maximum atomic E-state index is 11.0. The first kappa shape index (κ1) is 14.0. The fourth-order valence-electron chi connectivity index (χ4n) is 1.07. The molecule has 0 aliphatic carbocycles. The fraction of sp³-hybridized carbons (Fsp3) is 0.900. The molecule has 1 N–H and O–H groups in total. The van der Waals surface area contributed by atoms with Crippen LogP contribution in [-0.2, 0) is 4.79 Å². The Kier molecular flexibility index (Phi) is 12.2. The lowest BCUT2D eigenvalue weighted by Gasteiger charge is -2.10. The van der Waals surface area contributed by atoms with Crippen LogP contribution in [0.3, 0.4) is 0 Å². The maximum absolute atomic E-state index is 11.0. The van der Waals surface area contributed by atoms with Crippen LogP contribution >= 0.6 is 0 Å². The van der Waals surface area contributed by atoms with Crippen LogP contribution in [0.15, 0.2) is 0 Å². The highest BCUT2D eigenvalue weighted by molar-refractivity contribution is 5.78. The highest BCUT2D eigenvalue weighted by atomic mass is 16.1. The van der Waals surface area contributed by atoms with E-state index in [9.17, 15) is 4.79 Å². The first-order chi connectivity index (χ1) is 5.76. The zero-order chi connectivity index (χ0) is 9.98. The van der Waals surface area contributed by atoms with Crippen molar-refractivity contribution in [1.29, 1.82) is 0 Å². The monoisotopic (exact) mass is 173 g/mol. The van der Waals surface area contributed by atoms with Gasteiger partial charge in [-0.1, -0.05) is 34.1 Å². The van der Waals surface area contributed by atoms with E-state index >= 15 is 0 Å². The van der Waals surface area contributed by atoms with Gasteiger partial charge in [-0.3, -0.25) is 4.79 Å². The third kappa shape index (κ3) is 6.20. The molecule has 0 heterocycles. The lowest BCUT2D eigenvalue weighted by Crippen LogP contribution is -2.26. The second-order valence-electron chi connectivity index (χ2n) is 2.51. The van der Waals surface area contributed by atoms with Gasteiger partial charge in [0.2, 0.25) is 5.91 Å². The molecule has 0 aliphatic heterocycles. The van der Waals surface area contributed by atoms with Crippen molar-refractivity contribution in [3.05, 3.63) is 0 Å². The number of carbonyl (C=O) groups is 1. The third-order valence-corrected chi connectivity index (χ3v) is 1.75. The Morgan fingerprint density at radius 3 is 2.08 bits per heavy atom. The van der Waals surface area contributed by atoms with Crippen LogP contribution in [0, 0.1) is 5.92 Å². The van der Waals surface area contributed by atoms with Crippen molar-refractivity contribution in [2.75, 3.05) is 7.05 Å². The van der Waals surface area contributed by atoms with Crippen molar-refractivity contribution in [3.8, 4) is 0 Å². The molecule has 12 heavy (non-hydrogen) atoms. The largest absolute Gasteiger partial charge is 0.359 e. The van der Waals surface area contributed by atoms with Gasteiger partial charge >= 0.3 is 0 Å². The summed E-state index contributed by atoms with van der Waals surface area (Å²) in [5, 5.41) is 2.66. The molecule has 1 unspecified atom stereocenters. The van der Waals surface area contributed by atoms with Gasteiger partial charge in [-0.05, 0) is 12.8 Å². The first-order valence-electron chi connectivity index (χ1n) is 4.97. The van der Waals surface area contributed by atoms with E-state index in [1.165, 1.54) is 0 Å². The van der Waals surface area contributed by atoms with Crippen LogP contribution in [0.5, 0.6) is 0 Å². The van der Waals surface area contributed by atoms with Crippen molar-refractivity contribution in [2.45, 2.75) is 47.0 Å². The van der Waals surface area contributed by atoms with E-state index in [1.807, 2.05) is 13.8 Å². The number of carbonyl (C=O) groups excluding carboxylic acids is 1.